The number of aromatic nitrogens is 2. The molecule has 0 aromatic carbocycles. The van der Waals surface area contributed by atoms with E-state index in [1.165, 1.54) is 0 Å². The van der Waals surface area contributed by atoms with Crippen LogP contribution in [0.3, 0.4) is 0 Å². The van der Waals surface area contributed by atoms with Gasteiger partial charge in [-0.15, -0.1) is 0 Å². The highest BCUT2D eigenvalue weighted by molar-refractivity contribution is 9.11. The van der Waals surface area contributed by atoms with Crippen LogP contribution in [-0.2, 0) is 0 Å². The molecule has 2 heterocycles. The van der Waals surface area contributed by atoms with Crippen molar-refractivity contribution in [3.63, 3.8) is 0 Å². The molecule has 0 bridgehead atoms. The van der Waals surface area contributed by atoms with Crippen molar-refractivity contribution in [3.05, 3.63) is 32.6 Å². The Labute approximate surface area is 90.8 Å². The van der Waals surface area contributed by atoms with Gasteiger partial charge in [0, 0.05) is 6.20 Å². The SMILES string of the molecule is Clc1cc(Br)c2ncc(Br)n2c1. The summed E-state index contributed by atoms with van der Waals surface area (Å²) in [5, 5.41) is 0.674. The summed E-state index contributed by atoms with van der Waals surface area (Å²) in [5.74, 6) is 0. The number of fused-ring (bicyclic) bond motifs is 1. The Bertz CT molecular complexity index is 438. The van der Waals surface area contributed by atoms with Crippen LogP contribution in [0.4, 0.5) is 0 Å². The molecule has 2 nitrogen and oxygen atoms in total. The van der Waals surface area contributed by atoms with Gasteiger partial charge in [0.05, 0.1) is 15.7 Å². The van der Waals surface area contributed by atoms with Crippen molar-refractivity contribution in [3.8, 4) is 0 Å². The molecule has 0 spiro atoms. The Hall–Kier alpha value is -0.0600. The molecule has 0 fully saturated rings. The van der Waals surface area contributed by atoms with E-state index < -0.39 is 0 Å². The van der Waals surface area contributed by atoms with Crippen LogP contribution < -0.4 is 0 Å². The molecule has 62 valence electrons. The molecule has 2 rings (SSSR count). The summed E-state index contributed by atoms with van der Waals surface area (Å²) in [4.78, 5) is 4.17. The van der Waals surface area contributed by atoms with Crippen molar-refractivity contribution in [1.29, 1.82) is 0 Å². The van der Waals surface area contributed by atoms with Crippen molar-refractivity contribution in [2.24, 2.45) is 0 Å². The van der Waals surface area contributed by atoms with Gasteiger partial charge in [-0.25, -0.2) is 4.98 Å². The highest BCUT2D eigenvalue weighted by atomic mass is 79.9. The highest BCUT2D eigenvalue weighted by Crippen LogP contribution is 2.24. The molecular weight excluding hydrogens is 307 g/mol. The van der Waals surface area contributed by atoms with Crippen LogP contribution in [0, 0.1) is 0 Å². The second-order valence-electron chi connectivity index (χ2n) is 2.28. The summed E-state index contributed by atoms with van der Waals surface area (Å²) < 4.78 is 3.65. The maximum Gasteiger partial charge on any atom is 0.152 e. The normalized spacial score (nSPS) is 10.9. The van der Waals surface area contributed by atoms with E-state index in [4.69, 9.17) is 11.6 Å². The van der Waals surface area contributed by atoms with Gasteiger partial charge in [0.15, 0.2) is 5.65 Å². The van der Waals surface area contributed by atoms with Crippen molar-refractivity contribution >= 4 is 49.1 Å². The van der Waals surface area contributed by atoms with Gasteiger partial charge in [-0.3, -0.25) is 4.40 Å². The zero-order chi connectivity index (χ0) is 8.72. The molecule has 0 unspecified atom stereocenters. The molecule has 2 aromatic heterocycles. The van der Waals surface area contributed by atoms with Crippen molar-refractivity contribution in [2.45, 2.75) is 0 Å². The minimum Gasteiger partial charge on any atom is -0.292 e. The van der Waals surface area contributed by atoms with Gasteiger partial charge >= 0.3 is 0 Å². The van der Waals surface area contributed by atoms with E-state index in [1.807, 2.05) is 10.5 Å². The number of hydrogen-bond donors (Lipinski definition) is 0. The number of imidazole rings is 1. The lowest BCUT2D eigenvalue weighted by Crippen LogP contribution is -1.85. The van der Waals surface area contributed by atoms with Crippen LogP contribution in [0.25, 0.3) is 5.65 Å². The van der Waals surface area contributed by atoms with Crippen LogP contribution in [0.5, 0.6) is 0 Å². The van der Waals surface area contributed by atoms with Crippen LogP contribution in [0.2, 0.25) is 5.02 Å². The summed E-state index contributed by atoms with van der Waals surface area (Å²) in [5.41, 5.74) is 0.853. The lowest BCUT2D eigenvalue weighted by Gasteiger charge is -1.98. The number of rotatable bonds is 0. The van der Waals surface area contributed by atoms with E-state index >= 15 is 0 Å². The molecule has 0 radical (unpaired) electrons. The van der Waals surface area contributed by atoms with Crippen molar-refractivity contribution in [2.75, 3.05) is 0 Å². The summed E-state index contributed by atoms with van der Waals surface area (Å²) in [6.45, 7) is 0. The minimum absolute atomic E-state index is 0.674. The van der Waals surface area contributed by atoms with Crippen LogP contribution in [0.15, 0.2) is 27.5 Å². The van der Waals surface area contributed by atoms with E-state index in [1.54, 1.807) is 12.4 Å². The van der Waals surface area contributed by atoms with Gasteiger partial charge in [0.1, 0.15) is 4.60 Å². The molecule has 0 aliphatic carbocycles. The summed E-state index contributed by atoms with van der Waals surface area (Å²) in [6, 6.07) is 1.82. The number of pyridine rings is 1. The van der Waals surface area contributed by atoms with Gasteiger partial charge in [0.25, 0.3) is 0 Å². The van der Waals surface area contributed by atoms with Crippen LogP contribution in [0.1, 0.15) is 0 Å². The maximum atomic E-state index is 5.85. The fraction of sp³-hybridized carbons (Fsp3) is 0. The average molecular weight is 310 g/mol. The Balaban J connectivity index is 2.92. The zero-order valence-electron chi connectivity index (χ0n) is 5.76. The van der Waals surface area contributed by atoms with Crippen molar-refractivity contribution < 1.29 is 0 Å². The molecule has 5 heteroatoms. The Morgan fingerprint density at radius 1 is 1.42 bits per heavy atom. The fourth-order valence-electron chi connectivity index (χ4n) is 0.986. The Kier molecular flexibility index (Phi) is 2.14. The predicted octanol–water partition coefficient (Wildman–Crippen LogP) is 3.51. The smallest absolute Gasteiger partial charge is 0.152 e. The molecule has 0 amide bonds. The number of halogens is 3. The molecule has 2 aromatic rings. The van der Waals surface area contributed by atoms with Gasteiger partial charge in [-0.1, -0.05) is 11.6 Å². The second kappa shape index (κ2) is 3.01. The maximum absolute atomic E-state index is 5.85. The van der Waals surface area contributed by atoms with Gasteiger partial charge in [0.2, 0.25) is 0 Å². The van der Waals surface area contributed by atoms with Crippen molar-refractivity contribution in [1.82, 2.24) is 9.38 Å². The first kappa shape index (κ1) is 8.53. The van der Waals surface area contributed by atoms with E-state index in [-0.39, 0.29) is 0 Å². The molecule has 0 atom stereocenters. The second-order valence-corrected chi connectivity index (χ2v) is 4.38. The zero-order valence-corrected chi connectivity index (χ0v) is 9.69. The highest BCUT2D eigenvalue weighted by Gasteiger charge is 2.04. The Morgan fingerprint density at radius 3 is 2.92 bits per heavy atom. The van der Waals surface area contributed by atoms with Crippen LogP contribution in [-0.4, -0.2) is 9.38 Å². The first-order valence-corrected chi connectivity index (χ1v) is 5.12. The van der Waals surface area contributed by atoms with Crippen LogP contribution >= 0.6 is 43.5 Å². The third kappa shape index (κ3) is 1.28. The lowest BCUT2D eigenvalue weighted by molar-refractivity contribution is 1.15. The molecule has 0 saturated heterocycles. The lowest BCUT2D eigenvalue weighted by atomic mass is 10.5. The van der Waals surface area contributed by atoms with E-state index in [0.717, 1.165) is 14.7 Å². The summed E-state index contributed by atoms with van der Waals surface area (Å²) in [6.07, 6.45) is 3.54. The number of hydrogen-bond acceptors (Lipinski definition) is 1. The van der Waals surface area contributed by atoms with E-state index in [0.29, 0.717) is 5.02 Å². The first-order chi connectivity index (χ1) is 5.68. The molecule has 0 N–H and O–H groups in total. The molecule has 12 heavy (non-hydrogen) atoms. The largest absolute Gasteiger partial charge is 0.292 e. The van der Waals surface area contributed by atoms with Gasteiger partial charge in [-0.05, 0) is 37.9 Å². The average Bonchev–Trinajstić information content (AvgIpc) is 2.33. The van der Waals surface area contributed by atoms with Gasteiger partial charge in [-0.2, -0.15) is 0 Å². The monoisotopic (exact) mass is 308 g/mol. The quantitative estimate of drug-likeness (QED) is 0.728. The Morgan fingerprint density at radius 2 is 2.17 bits per heavy atom. The first-order valence-electron chi connectivity index (χ1n) is 3.16. The molecular formula is C7H3Br2ClN2. The molecule has 0 saturated carbocycles. The number of nitrogens with zero attached hydrogens (tertiary/aromatic N) is 2. The van der Waals surface area contributed by atoms with E-state index in [9.17, 15) is 0 Å². The predicted molar refractivity (Wildman–Crippen MR) is 55.6 cm³/mol. The third-order valence-electron chi connectivity index (χ3n) is 1.48. The summed E-state index contributed by atoms with van der Waals surface area (Å²) in [7, 11) is 0. The molecule has 0 aliphatic rings. The standard InChI is InChI=1S/C7H3Br2ClN2/c8-5-1-4(10)3-12-6(9)2-11-7(5)12/h1-3H. The topological polar surface area (TPSA) is 17.3 Å². The van der Waals surface area contributed by atoms with E-state index in [2.05, 4.69) is 36.8 Å². The van der Waals surface area contributed by atoms with Gasteiger partial charge < -0.3 is 0 Å². The minimum atomic E-state index is 0.674. The molecule has 0 aliphatic heterocycles. The fourth-order valence-corrected chi connectivity index (χ4v) is 2.24. The third-order valence-corrected chi connectivity index (χ3v) is 2.86. The summed E-state index contributed by atoms with van der Waals surface area (Å²) >= 11 is 12.6.